The predicted octanol–water partition coefficient (Wildman–Crippen LogP) is 3.46. The van der Waals surface area contributed by atoms with Crippen LogP contribution in [-0.2, 0) is 26.7 Å². The molecule has 0 aliphatic carbocycles. The summed E-state index contributed by atoms with van der Waals surface area (Å²) in [5, 5.41) is 0.549. The van der Waals surface area contributed by atoms with Crippen LogP contribution in [0.4, 0.5) is 0 Å². The Labute approximate surface area is 142 Å². The van der Waals surface area contributed by atoms with E-state index in [0.717, 1.165) is 19.3 Å². The topological polar surface area (TPSA) is 109 Å². The lowest BCUT2D eigenvalue weighted by atomic mass is 10.0. The van der Waals surface area contributed by atoms with Crippen LogP contribution in [0.15, 0.2) is 40.1 Å². The number of fused-ring (bicyclic) bond motifs is 1. The van der Waals surface area contributed by atoms with Gasteiger partial charge in [-0.25, -0.2) is 0 Å². The smallest absolute Gasteiger partial charge is 0.282 e. The van der Waals surface area contributed by atoms with Crippen LogP contribution < -0.4 is 0 Å². The summed E-state index contributed by atoms with van der Waals surface area (Å²) >= 11 is 0. The molecule has 2 aromatic rings. The molecule has 0 aromatic heterocycles. The van der Waals surface area contributed by atoms with Gasteiger partial charge in [0.25, 0.3) is 20.2 Å². The summed E-state index contributed by atoms with van der Waals surface area (Å²) in [6.45, 7) is 2.04. The molecule has 24 heavy (non-hydrogen) atoms. The van der Waals surface area contributed by atoms with Crippen LogP contribution in [0.1, 0.15) is 38.2 Å². The fraction of sp³-hybridized carbons (Fsp3) is 0.375. The second-order valence-electron chi connectivity index (χ2n) is 5.68. The number of unbranched alkanes of at least 4 members (excludes halogenated alkanes) is 3. The summed E-state index contributed by atoms with van der Waals surface area (Å²) in [5.41, 5.74) is 0.194. The van der Waals surface area contributed by atoms with Crippen LogP contribution >= 0.6 is 0 Å². The van der Waals surface area contributed by atoms with Crippen LogP contribution in [-0.4, -0.2) is 25.9 Å². The molecule has 2 rings (SSSR count). The van der Waals surface area contributed by atoms with Crippen molar-refractivity contribution in [3.63, 3.8) is 0 Å². The second-order valence-corrected chi connectivity index (χ2v) is 8.39. The lowest BCUT2D eigenvalue weighted by Crippen LogP contribution is -2.12. The van der Waals surface area contributed by atoms with Crippen LogP contribution in [0.2, 0.25) is 0 Å². The normalized spacial score (nSPS) is 12.6. The number of hydrogen-bond donors (Lipinski definition) is 2. The van der Waals surface area contributed by atoms with Gasteiger partial charge in [-0.2, -0.15) is 16.8 Å². The maximum atomic E-state index is 11.8. The lowest BCUT2D eigenvalue weighted by Gasteiger charge is -2.14. The Hall–Kier alpha value is -1.48. The third-order valence-electron chi connectivity index (χ3n) is 3.85. The number of benzene rings is 2. The summed E-state index contributed by atoms with van der Waals surface area (Å²) in [6.07, 6.45) is 3.77. The first-order valence-corrected chi connectivity index (χ1v) is 10.5. The minimum Gasteiger partial charge on any atom is -0.282 e. The average Bonchev–Trinajstić information content (AvgIpc) is 2.48. The van der Waals surface area contributed by atoms with E-state index in [-0.39, 0.29) is 10.9 Å². The Kier molecular flexibility index (Phi) is 5.64. The van der Waals surface area contributed by atoms with Crippen molar-refractivity contribution in [3.8, 4) is 0 Å². The highest BCUT2D eigenvalue weighted by Gasteiger charge is 2.29. The van der Waals surface area contributed by atoms with Gasteiger partial charge in [0, 0.05) is 5.39 Å². The summed E-state index contributed by atoms with van der Waals surface area (Å²) in [7, 11) is -9.66. The molecule has 0 fully saturated rings. The number of rotatable bonds is 7. The van der Waals surface area contributed by atoms with E-state index in [4.69, 9.17) is 0 Å². The molecular weight excluding hydrogens is 352 g/mol. The van der Waals surface area contributed by atoms with Crippen LogP contribution in [0.3, 0.4) is 0 Å². The van der Waals surface area contributed by atoms with Crippen molar-refractivity contribution in [3.05, 3.63) is 35.9 Å². The maximum Gasteiger partial charge on any atom is 0.296 e. The molecule has 0 saturated heterocycles. The average molecular weight is 372 g/mol. The van der Waals surface area contributed by atoms with Gasteiger partial charge in [-0.05, 0) is 29.9 Å². The first kappa shape index (κ1) is 18.9. The Balaban J connectivity index is 2.77. The van der Waals surface area contributed by atoms with Gasteiger partial charge in [0.05, 0.1) is 0 Å². The third-order valence-corrected chi connectivity index (χ3v) is 5.90. The van der Waals surface area contributed by atoms with Gasteiger partial charge in [-0.3, -0.25) is 9.11 Å². The first-order valence-electron chi connectivity index (χ1n) is 7.66. The molecule has 0 saturated carbocycles. The Morgan fingerprint density at radius 1 is 0.875 bits per heavy atom. The monoisotopic (exact) mass is 372 g/mol. The molecule has 132 valence electrons. The van der Waals surface area contributed by atoms with E-state index in [9.17, 15) is 25.9 Å². The molecule has 8 heteroatoms. The predicted molar refractivity (Wildman–Crippen MR) is 91.4 cm³/mol. The van der Waals surface area contributed by atoms with Gasteiger partial charge >= 0.3 is 0 Å². The largest absolute Gasteiger partial charge is 0.296 e. The SMILES string of the molecule is CCCCCCc1cc2ccccc2c(S(=O)(=O)O)c1S(=O)(=O)O. The van der Waals surface area contributed by atoms with Crippen LogP contribution in [0.25, 0.3) is 10.8 Å². The van der Waals surface area contributed by atoms with E-state index in [1.807, 2.05) is 6.92 Å². The van der Waals surface area contributed by atoms with Crippen LogP contribution in [0, 0.1) is 0 Å². The molecule has 0 spiro atoms. The molecule has 2 aromatic carbocycles. The Bertz CT molecular complexity index is 946. The zero-order chi connectivity index (χ0) is 18.0. The Morgan fingerprint density at radius 2 is 1.50 bits per heavy atom. The Morgan fingerprint density at radius 3 is 2.08 bits per heavy atom. The van der Waals surface area contributed by atoms with Gasteiger partial charge in [0.2, 0.25) is 0 Å². The molecule has 0 amide bonds. The maximum absolute atomic E-state index is 11.8. The quantitative estimate of drug-likeness (QED) is 0.569. The number of aryl methyl sites for hydroxylation is 1. The lowest BCUT2D eigenvalue weighted by molar-refractivity contribution is 0.466. The minimum absolute atomic E-state index is 0.0601. The van der Waals surface area contributed by atoms with E-state index < -0.39 is 30.0 Å². The highest BCUT2D eigenvalue weighted by molar-refractivity contribution is 7.89. The first-order chi connectivity index (χ1) is 11.2. The molecule has 0 atom stereocenters. The minimum atomic E-state index is -4.84. The molecule has 0 bridgehead atoms. The van der Waals surface area contributed by atoms with Crippen molar-refractivity contribution in [1.29, 1.82) is 0 Å². The third kappa shape index (κ3) is 4.13. The zero-order valence-corrected chi connectivity index (χ0v) is 14.9. The van der Waals surface area contributed by atoms with Crippen molar-refractivity contribution in [2.75, 3.05) is 0 Å². The molecule has 0 radical (unpaired) electrons. The molecule has 2 N–H and O–H groups in total. The molecule has 0 unspecified atom stereocenters. The molecule has 6 nitrogen and oxygen atoms in total. The van der Waals surface area contributed by atoms with Gasteiger partial charge in [0.15, 0.2) is 0 Å². The highest BCUT2D eigenvalue weighted by atomic mass is 32.2. The molecule has 0 aliphatic heterocycles. The van der Waals surface area contributed by atoms with Crippen molar-refractivity contribution >= 4 is 31.0 Å². The van der Waals surface area contributed by atoms with E-state index >= 15 is 0 Å². The van der Waals surface area contributed by atoms with Gasteiger partial charge < -0.3 is 0 Å². The standard InChI is InChI=1S/C16H20O6S2/c1-2-3-4-5-9-13-11-12-8-6-7-10-14(12)16(24(20,21)22)15(13)23(17,18)19/h6-8,10-11H,2-5,9H2,1H3,(H,17,18,19)(H,20,21,22). The van der Waals surface area contributed by atoms with E-state index in [0.29, 0.717) is 18.2 Å². The molecule has 0 heterocycles. The van der Waals surface area contributed by atoms with Gasteiger partial charge in [0.1, 0.15) is 9.79 Å². The van der Waals surface area contributed by atoms with Crippen molar-refractivity contribution in [2.45, 2.75) is 48.8 Å². The van der Waals surface area contributed by atoms with Crippen molar-refractivity contribution < 1.29 is 25.9 Å². The molecule has 0 aliphatic rings. The fourth-order valence-corrected chi connectivity index (χ4v) is 5.12. The second kappa shape index (κ2) is 7.18. The summed E-state index contributed by atoms with van der Waals surface area (Å²) < 4.78 is 66.4. The summed E-state index contributed by atoms with van der Waals surface area (Å²) in [6, 6.07) is 7.80. The van der Waals surface area contributed by atoms with E-state index in [2.05, 4.69) is 0 Å². The van der Waals surface area contributed by atoms with Gasteiger partial charge in [-0.1, -0.05) is 50.5 Å². The summed E-state index contributed by atoms with van der Waals surface area (Å²) in [4.78, 5) is -1.48. The highest BCUT2D eigenvalue weighted by Crippen LogP contribution is 2.34. The zero-order valence-electron chi connectivity index (χ0n) is 13.3. The van der Waals surface area contributed by atoms with E-state index in [1.165, 1.54) is 12.1 Å². The number of hydrogen-bond acceptors (Lipinski definition) is 4. The fourth-order valence-electron chi connectivity index (χ4n) is 2.82. The summed E-state index contributed by atoms with van der Waals surface area (Å²) in [5.74, 6) is 0. The van der Waals surface area contributed by atoms with E-state index in [1.54, 1.807) is 18.2 Å². The van der Waals surface area contributed by atoms with Crippen molar-refractivity contribution in [2.24, 2.45) is 0 Å². The van der Waals surface area contributed by atoms with Gasteiger partial charge in [-0.15, -0.1) is 0 Å². The molecular formula is C16H20O6S2. The van der Waals surface area contributed by atoms with Crippen molar-refractivity contribution in [1.82, 2.24) is 0 Å². The van der Waals surface area contributed by atoms with Crippen LogP contribution in [0.5, 0.6) is 0 Å².